The smallest absolute Gasteiger partial charge is 0.223 e. The van der Waals surface area contributed by atoms with Gasteiger partial charge in [0, 0.05) is 12.0 Å². The molecule has 3 atom stereocenters. The summed E-state index contributed by atoms with van der Waals surface area (Å²) in [7, 11) is 0. The van der Waals surface area contributed by atoms with Crippen LogP contribution in [0.15, 0.2) is 0 Å². The summed E-state index contributed by atoms with van der Waals surface area (Å²) in [6.45, 7) is 8.45. The fourth-order valence-electron chi connectivity index (χ4n) is 1.75. The minimum Gasteiger partial charge on any atom is -0.353 e. The van der Waals surface area contributed by atoms with Gasteiger partial charge in [-0.3, -0.25) is 4.79 Å². The molecular weight excluding hydrogens is 138 g/mol. The van der Waals surface area contributed by atoms with Crippen LogP contribution < -0.4 is 5.32 Å². The van der Waals surface area contributed by atoms with E-state index in [0.29, 0.717) is 17.9 Å². The number of carbonyl (C=O) groups excluding carboxylic acids is 1. The molecule has 0 radical (unpaired) electrons. The normalized spacial score (nSPS) is 37.9. The van der Waals surface area contributed by atoms with Gasteiger partial charge in [0.15, 0.2) is 0 Å². The highest BCUT2D eigenvalue weighted by Crippen LogP contribution is 2.26. The van der Waals surface area contributed by atoms with Gasteiger partial charge in [-0.2, -0.15) is 0 Å². The zero-order valence-corrected chi connectivity index (χ0v) is 7.72. The number of rotatable bonds is 1. The molecule has 1 saturated heterocycles. The van der Waals surface area contributed by atoms with E-state index in [9.17, 15) is 4.79 Å². The highest BCUT2D eigenvalue weighted by molar-refractivity contribution is 5.81. The van der Waals surface area contributed by atoms with Crippen molar-refractivity contribution in [3.8, 4) is 0 Å². The number of hydrogen-bond acceptors (Lipinski definition) is 1. The monoisotopic (exact) mass is 155 g/mol. The Bertz CT molecular complexity index is 165. The number of carbonyl (C=O) groups is 1. The van der Waals surface area contributed by atoms with E-state index < -0.39 is 0 Å². The van der Waals surface area contributed by atoms with E-state index in [0.717, 1.165) is 0 Å². The van der Waals surface area contributed by atoms with E-state index in [4.69, 9.17) is 0 Å². The van der Waals surface area contributed by atoms with Crippen molar-refractivity contribution < 1.29 is 4.79 Å². The number of amides is 1. The molecule has 1 fully saturated rings. The number of hydrogen-bond donors (Lipinski definition) is 1. The van der Waals surface area contributed by atoms with Crippen molar-refractivity contribution in [1.82, 2.24) is 5.32 Å². The van der Waals surface area contributed by atoms with Crippen LogP contribution in [0.3, 0.4) is 0 Å². The second-order valence-electron chi connectivity index (χ2n) is 3.93. The van der Waals surface area contributed by atoms with E-state index in [-0.39, 0.29) is 11.8 Å². The van der Waals surface area contributed by atoms with E-state index in [1.165, 1.54) is 0 Å². The summed E-state index contributed by atoms with van der Waals surface area (Å²) in [6.07, 6.45) is 0. The Kier molecular flexibility index (Phi) is 2.21. The Morgan fingerprint density at radius 1 is 1.36 bits per heavy atom. The second kappa shape index (κ2) is 2.84. The minimum atomic E-state index is 0.197. The highest BCUT2D eigenvalue weighted by Gasteiger charge is 2.37. The fraction of sp³-hybridized carbons (Fsp3) is 0.889. The van der Waals surface area contributed by atoms with Crippen LogP contribution in [0, 0.1) is 17.8 Å². The molecule has 2 heteroatoms. The average molecular weight is 155 g/mol. The van der Waals surface area contributed by atoms with Crippen LogP contribution in [0.2, 0.25) is 0 Å². The molecule has 1 N–H and O–H groups in total. The summed E-state index contributed by atoms with van der Waals surface area (Å²) in [5.41, 5.74) is 0. The molecule has 2 nitrogen and oxygen atoms in total. The molecule has 11 heavy (non-hydrogen) atoms. The Labute approximate surface area is 68.4 Å². The molecule has 0 bridgehead atoms. The lowest BCUT2D eigenvalue weighted by Gasteiger charge is -2.19. The molecule has 0 aromatic heterocycles. The summed E-state index contributed by atoms with van der Waals surface area (Å²) in [5.74, 6) is 1.46. The predicted molar refractivity (Wildman–Crippen MR) is 45.1 cm³/mol. The largest absolute Gasteiger partial charge is 0.353 e. The highest BCUT2D eigenvalue weighted by atomic mass is 16.2. The van der Waals surface area contributed by atoms with Gasteiger partial charge in [0.05, 0.1) is 0 Å². The summed E-state index contributed by atoms with van der Waals surface area (Å²) in [5, 5.41) is 3.01. The summed E-state index contributed by atoms with van der Waals surface area (Å²) in [6, 6.07) is 0.387. The van der Waals surface area contributed by atoms with Crippen molar-refractivity contribution in [3.63, 3.8) is 0 Å². The van der Waals surface area contributed by atoms with Crippen molar-refractivity contribution in [2.24, 2.45) is 17.8 Å². The molecule has 64 valence electrons. The molecule has 0 spiro atoms. The molecule has 1 rings (SSSR count). The Balaban J connectivity index is 2.67. The van der Waals surface area contributed by atoms with Gasteiger partial charge in [0.1, 0.15) is 0 Å². The Hall–Kier alpha value is -0.530. The third-order valence-corrected chi connectivity index (χ3v) is 2.80. The first kappa shape index (κ1) is 8.57. The van der Waals surface area contributed by atoms with Gasteiger partial charge in [0.25, 0.3) is 0 Å². The van der Waals surface area contributed by atoms with Crippen LogP contribution in [0.4, 0.5) is 0 Å². The molecule has 1 aliphatic rings. The first-order valence-corrected chi connectivity index (χ1v) is 4.34. The van der Waals surface area contributed by atoms with Crippen LogP contribution in [-0.2, 0) is 4.79 Å². The fourth-order valence-corrected chi connectivity index (χ4v) is 1.75. The number of nitrogens with one attached hydrogen (secondary N) is 1. The second-order valence-corrected chi connectivity index (χ2v) is 3.93. The topological polar surface area (TPSA) is 29.1 Å². The summed E-state index contributed by atoms with van der Waals surface area (Å²) >= 11 is 0. The van der Waals surface area contributed by atoms with Gasteiger partial charge in [-0.25, -0.2) is 0 Å². The lowest BCUT2D eigenvalue weighted by atomic mass is 9.88. The first-order chi connectivity index (χ1) is 5.04. The van der Waals surface area contributed by atoms with Gasteiger partial charge < -0.3 is 5.32 Å². The molecule has 0 aliphatic carbocycles. The summed E-state index contributed by atoms with van der Waals surface area (Å²) in [4.78, 5) is 11.2. The van der Waals surface area contributed by atoms with Gasteiger partial charge in [-0.05, 0) is 11.8 Å². The van der Waals surface area contributed by atoms with E-state index in [2.05, 4.69) is 26.1 Å². The van der Waals surface area contributed by atoms with Crippen LogP contribution in [0.25, 0.3) is 0 Å². The first-order valence-electron chi connectivity index (χ1n) is 4.34. The summed E-state index contributed by atoms with van der Waals surface area (Å²) < 4.78 is 0. The lowest BCUT2D eigenvalue weighted by molar-refractivity contribution is -0.122. The van der Waals surface area contributed by atoms with E-state index >= 15 is 0 Å². The van der Waals surface area contributed by atoms with Gasteiger partial charge >= 0.3 is 0 Å². The maximum atomic E-state index is 11.2. The molecule has 0 aromatic carbocycles. The van der Waals surface area contributed by atoms with Gasteiger partial charge in [-0.15, -0.1) is 0 Å². The lowest BCUT2D eigenvalue weighted by Crippen LogP contribution is -2.32. The SMILES string of the molecule is CC(C)[C@H]1NC(=O)[C@H](C)[C@H]1C. The quantitative estimate of drug-likeness (QED) is 0.609. The minimum absolute atomic E-state index is 0.197. The molecule has 0 saturated carbocycles. The van der Waals surface area contributed by atoms with Gasteiger partial charge in [0.2, 0.25) is 5.91 Å². The molecule has 1 aliphatic heterocycles. The van der Waals surface area contributed by atoms with Crippen LogP contribution >= 0.6 is 0 Å². The van der Waals surface area contributed by atoms with Crippen LogP contribution in [0.5, 0.6) is 0 Å². The third kappa shape index (κ3) is 1.39. The van der Waals surface area contributed by atoms with Crippen molar-refractivity contribution in [2.75, 3.05) is 0 Å². The maximum absolute atomic E-state index is 11.2. The molecular formula is C9H17NO. The van der Waals surface area contributed by atoms with Crippen LogP contribution in [0.1, 0.15) is 27.7 Å². The third-order valence-electron chi connectivity index (χ3n) is 2.80. The standard InChI is InChI=1S/C9H17NO/c1-5(2)8-6(3)7(4)9(11)10-8/h5-8H,1-4H3,(H,10,11)/t6-,7-,8-/m1/s1. The van der Waals surface area contributed by atoms with E-state index in [1.54, 1.807) is 0 Å². The van der Waals surface area contributed by atoms with E-state index in [1.807, 2.05) is 6.92 Å². The average Bonchev–Trinajstić information content (AvgIpc) is 2.17. The molecule has 1 heterocycles. The van der Waals surface area contributed by atoms with Crippen molar-refractivity contribution in [2.45, 2.75) is 33.7 Å². The zero-order valence-electron chi connectivity index (χ0n) is 7.72. The Morgan fingerprint density at radius 3 is 2.09 bits per heavy atom. The molecule has 0 aromatic rings. The predicted octanol–water partition coefficient (Wildman–Crippen LogP) is 1.41. The Morgan fingerprint density at radius 2 is 1.91 bits per heavy atom. The molecule has 0 unspecified atom stereocenters. The molecule has 1 amide bonds. The maximum Gasteiger partial charge on any atom is 0.223 e. The van der Waals surface area contributed by atoms with Crippen LogP contribution in [-0.4, -0.2) is 11.9 Å². The van der Waals surface area contributed by atoms with Crippen molar-refractivity contribution in [3.05, 3.63) is 0 Å². The van der Waals surface area contributed by atoms with Gasteiger partial charge in [-0.1, -0.05) is 27.7 Å². The van der Waals surface area contributed by atoms with Crippen molar-refractivity contribution in [1.29, 1.82) is 0 Å². The zero-order chi connectivity index (χ0) is 8.59. The van der Waals surface area contributed by atoms with Crippen molar-refractivity contribution >= 4 is 5.91 Å².